The summed E-state index contributed by atoms with van der Waals surface area (Å²) in [6.45, 7) is 11.7. The van der Waals surface area contributed by atoms with Gasteiger partial charge in [-0.25, -0.2) is 0 Å². The molecular weight excluding hydrogens is 196 g/mol. The van der Waals surface area contributed by atoms with E-state index in [9.17, 15) is 0 Å². The molecule has 0 unspecified atom stereocenters. The average Bonchev–Trinajstić information content (AvgIpc) is 2.22. The van der Waals surface area contributed by atoms with Crippen LogP contribution in [0.1, 0.15) is 25.0 Å². The van der Waals surface area contributed by atoms with Crippen molar-refractivity contribution in [3.8, 4) is 0 Å². The molecule has 84 valence electrons. The van der Waals surface area contributed by atoms with Crippen molar-refractivity contribution in [3.63, 3.8) is 0 Å². The molecule has 0 fully saturated rings. The predicted molar refractivity (Wildman–Crippen MR) is 72.7 cm³/mol. The lowest BCUT2D eigenvalue weighted by atomic mass is 10.1. The normalized spacial score (nSPS) is 10.5. The molecule has 0 spiro atoms. The highest BCUT2D eigenvalue weighted by Crippen LogP contribution is 2.31. The Balaban J connectivity index is 3.32. The molecule has 0 atom stereocenters. The molecule has 1 rings (SSSR count). The van der Waals surface area contributed by atoms with Gasteiger partial charge in [0.05, 0.1) is 11.4 Å². The molecule has 0 amide bonds. The van der Waals surface area contributed by atoms with Crippen LogP contribution in [-0.4, -0.2) is 11.9 Å². The highest BCUT2D eigenvalue weighted by Gasteiger charge is 2.05. The van der Waals surface area contributed by atoms with E-state index in [0.29, 0.717) is 0 Å². The summed E-state index contributed by atoms with van der Waals surface area (Å²) in [5, 5.41) is 0. The SMILES string of the molecule is C=CC=Nc1c(C)ccc(N=C(C)C)c1C. The van der Waals surface area contributed by atoms with Crippen LogP contribution in [0.4, 0.5) is 11.4 Å². The van der Waals surface area contributed by atoms with Crippen LogP contribution in [0.5, 0.6) is 0 Å². The van der Waals surface area contributed by atoms with E-state index in [4.69, 9.17) is 0 Å². The summed E-state index contributed by atoms with van der Waals surface area (Å²) in [5.41, 5.74) is 5.29. The molecule has 0 saturated heterocycles. The summed E-state index contributed by atoms with van der Waals surface area (Å²) in [4.78, 5) is 8.87. The summed E-state index contributed by atoms with van der Waals surface area (Å²) in [7, 11) is 0. The van der Waals surface area contributed by atoms with Gasteiger partial charge in [0.25, 0.3) is 0 Å². The Morgan fingerprint density at radius 3 is 2.50 bits per heavy atom. The molecule has 0 aliphatic rings. The fraction of sp³-hybridized carbons (Fsp3) is 0.286. The van der Waals surface area contributed by atoms with E-state index in [2.05, 4.69) is 23.5 Å². The first kappa shape index (κ1) is 12.4. The second-order valence-corrected chi connectivity index (χ2v) is 3.95. The predicted octanol–water partition coefficient (Wildman–Crippen LogP) is 4.30. The van der Waals surface area contributed by atoms with Gasteiger partial charge in [0.2, 0.25) is 0 Å². The minimum absolute atomic E-state index is 0.988. The number of benzene rings is 1. The Morgan fingerprint density at radius 2 is 1.94 bits per heavy atom. The molecule has 0 aliphatic heterocycles. The van der Waals surface area contributed by atoms with E-state index in [1.807, 2.05) is 32.9 Å². The fourth-order valence-corrected chi connectivity index (χ4v) is 1.51. The minimum Gasteiger partial charge on any atom is -0.258 e. The van der Waals surface area contributed by atoms with Gasteiger partial charge in [-0.15, -0.1) is 0 Å². The minimum atomic E-state index is 0.988. The molecule has 1 aromatic carbocycles. The summed E-state index contributed by atoms with van der Waals surface area (Å²) in [6, 6.07) is 4.08. The molecule has 0 radical (unpaired) electrons. The van der Waals surface area contributed by atoms with Gasteiger partial charge in [0, 0.05) is 17.5 Å². The lowest BCUT2D eigenvalue weighted by Gasteiger charge is -2.07. The number of aliphatic imine (C=N–C) groups is 2. The molecule has 0 bridgehead atoms. The third kappa shape index (κ3) is 2.89. The molecule has 2 nitrogen and oxygen atoms in total. The monoisotopic (exact) mass is 214 g/mol. The van der Waals surface area contributed by atoms with Crippen LogP contribution in [0.25, 0.3) is 0 Å². The van der Waals surface area contributed by atoms with Gasteiger partial charge >= 0.3 is 0 Å². The van der Waals surface area contributed by atoms with Crippen molar-refractivity contribution in [2.45, 2.75) is 27.7 Å². The topological polar surface area (TPSA) is 24.7 Å². The maximum atomic E-state index is 4.49. The highest BCUT2D eigenvalue weighted by molar-refractivity contribution is 5.84. The summed E-state index contributed by atoms with van der Waals surface area (Å²) in [5.74, 6) is 0. The molecule has 16 heavy (non-hydrogen) atoms. The van der Waals surface area contributed by atoms with E-state index in [1.54, 1.807) is 12.3 Å². The van der Waals surface area contributed by atoms with Crippen molar-refractivity contribution < 1.29 is 0 Å². The summed E-state index contributed by atoms with van der Waals surface area (Å²) in [6.07, 6.45) is 3.39. The number of rotatable bonds is 3. The Morgan fingerprint density at radius 1 is 1.25 bits per heavy atom. The highest BCUT2D eigenvalue weighted by atomic mass is 14.8. The van der Waals surface area contributed by atoms with Crippen LogP contribution in [0, 0.1) is 13.8 Å². The smallest absolute Gasteiger partial charge is 0.0709 e. The maximum Gasteiger partial charge on any atom is 0.0709 e. The van der Waals surface area contributed by atoms with Crippen molar-refractivity contribution in [1.29, 1.82) is 0 Å². The molecule has 1 aromatic rings. The first-order valence-electron chi connectivity index (χ1n) is 5.33. The van der Waals surface area contributed by atoms with E-state index < -0.39 is 0 Å². The van der Waals surface area contributed by atoms with E-state index in [1.165, 1.54) is 0 Å². The van der Waals surface area contributed by atoms with Crippen LogP contribution in [-0.2, 0) is 0 Å². The quantitative estimate of drug-likeness (QED) is 0.670. The van der Waals surface area contributed by atoms with Gasteiger partial charge in [-0.3, -0.25) is 9.98 Å². The van der Waals surface area contributed by atoms with Crippen LogP contribution < -0.4 is 0 Å². The van der Waals surface area contributed by atoms with Gasteiger partial charge in [-0.1, -0.05) is 18.7 Å². The van der Waals surface area contributed by atoms with Gasteiger partial charge in [-0.05, 0) is 39.3 Å². The zero-order valence-corrected chi connectivity index (χ0v) is 10.4. The maximum absolute atomic E-state index is 4.49. The second kappa shape index (κ2) is 5.40. The third-order valence-corrected chi connectivity index (χ3v) is 2.26. The van der Waals surface area contributed by atoms with Crippen LogP contribution in [0.15, 0.2) is 34.8 Å². The zero-order valence-electron chi connectivity index (χ0n) is 10.4. The second-order valence-electron chi connectivity index (χ2n) is 3.95. The van der Waals surface area contributed by atoms with Crippen LogP contribution in [0.3, 0.4) is 0 Å². The Kier molecular flexibility index (Phi) is 4.18. The van der Waals surface area contributed by atoms with E-state index in [-0.39, 0.29) is 0 Å². The number of allylic oxidation sites excluding steroid dienone is 1. The van der Waals surface area contributed by atoms with Crippen molar-refractivity contribution in [2.75, 3.05) is 0 Å². The van der Waals surface area contributed by atoms with Crippen LogP contribution in [0.2, 0.25) is 0 Å². The number of hydrogen-bond donors (Lipinski definition) is 0. The lowest BCUT2D eigenvalue weighted by Crippen LogP contribution is -1.85. The van der Waals surface area contributed by atoms with Crippen molar-refractivity contribution in [1.82, 2.24) is 0 Å². The molecular formula is C14H18N2. The Hall–Kier alpha value is -1.70. The summed E-state index contributed by atoms with van der Waals surface area (Å²) >= 11 is 0. The zero-order chi connectivity index (χ0) is 12.1. The van der Waals surface area contributed by atoms with Crippen molar-refractivity contribution >= 4 is 23.3 Å². The van der Waals surface area contributed by atoms with E-state index in [0.717, 1.165) is 28.2 Å². The van der Waals surface area contributed by atoms with Gasteiger partial charge in [0.15, 0.2) is 0 Å². The van der Waals surface area contributed by atoms with Crippen molar-refractivity contribution in [2.24, 2.45) is 9.98 Å². The first-order chi connectivity index (χ1) is 7.56. The molecule has 0 aliphatic carbocycles. The largest absolute Gasteiger partial charge is 0.258 e. The number of hydrogen-bond acceptors (Lipinski definition) is 2. The standard InChI is InChI=1S/C14H18N2/c1-6-9-15-14-11(4)7-8-13(12(14)5)16-10(2)3/h6-9H,1H2,2-5H3. The van der Waals surface area contributed by atoms with Gasteiger partial charge < -0.3 is 0 Å². The lowest BCUT2D eigenvalue weighted by molar-refractivity contribution is 1.30. The molecule has 0 N–H and O–H groups in total. The average molecular weight is 214 g/mol. The molecule has 0 saturated carbocycles. The Bertz CT molecular complexity index is 450. The third-order valence-electron chi connectivity index (χ3n) is 2.26. The fourth-order valence-electron chi connectivity index (χ4n) is 1.51. The molecule has 2 heteroatoms. The molecule has 0 aromatic heterocycles. The van der Waals surface area contributed by atoms with Crippen LogP contribution >= 0.6 is 0 Å². The van der Waals surface area contributed by atoms with Crippen molar-refractivity contribution in [3.05, 3.63) is 35.9 Å². The van der Waals surface area contributed by atoms with Gasteiger partial charge in [0.1, 0.15) is 0 Å². The Labute approximate surface area is 97.5 Å². The summed E-state index contributed by atoms with van der Waals surface area (Å²) < 4.78 is 0. The number of nitrogens with zero attached hydrogens (tertiary/aromatic N) is 2. The first-order valence-corrected chi connectivity index (χ1v) is 5.33. The molecule has 0 heterocycles. The number of aryl methyl sites for hydroxylation is 1. The van der Waals surface area contributed by atoms with E-state index >= 15 is 0 Å². The van der Waals surface area contributed by atoms with Gasteiger partial charge in [-0.2, -0.15) is 0 Å².